The predicted octanol–water partition coefficient (Wildman–Crippen LogP) is 2.93. The van der Waals surface area contributed by atoms with Crippen molar-refractivity contribution >= 4 is 23.2 Å². The van der Waals surface area contributed by atoms with Crippen molar-refractivity contribution in [2.24, 2.45) is 11.8 Å². The zero-order valence-electron chi connectivity index (χ0n) is 7.02. The van der Waals surface area contributed by atoms with Crippen LogP contribution in [0.3, 0.4) is 0 Å². The minimum absolute atomic E-state index is 0.0577. The maximum Gasteiger partial charge on any atom is 0.0969 e. The molecule has 0 saturated carbocycles. The molecule has 3 atom stereocenters. The fourth-order valence-corrected chi connectivity index (χ4v) is 1.12. The monoisotopic (exact) mass is 197 g/mol. The number of halogens is 2. The molecule has 0 N–H and O–H groups in total. The van der Waals surface area contributed by atoms with Gasteiger partial charge in [0.25, 0.3) is 0 Å². The van der Waals surface area contributed by atoms with Gasteiger partial charge < -0.3 is 0 Å². The Labute approximate surface area is 78.7 Å². The van der Waals surface area contributed by atoms with E-state index in [4.69, 9.17) is 23.2 Å². The molecule has 0 heterocycles. The van der Waals surface area contributed by atoms with Gasteiger partial charge in [0.1, 0.15) is 0 Å². The minimum atomic E-state index is -0.554. The van der Waals surface area contributed by atoms with E-state index in [9.17, 15) is 5.11 Å². The summed E-state index contributed by atoms with van der Waals surface area (Å²) >= 11 is 11.1. The Hall–Kier alpha value is 0.540. The molecule has 1 radical (unpaired) electrons. The van der Waals surface area contributed by atoms with E-state index in [1.165, 1.54) is 0 Å². The van der Waals surface area contributed by atoms with Crippen molar-refractivity contribution in [2.75, 3.05) is 11.8 Å². The fraction of sp³-hybridized carbons (Fsp3) is 1.00. The smallest absolute Gasteiger partial charge is 0.0969 e. The van der Waals surface area contributed by atoms with Crippen molar-refractivity contribution in [1.29, 1.82) is 0 Å². The van der Waals surface area contributed by atoms with Crippen LogP contribution in [0.25, 0.3) is 0 Å². The van der Waals surface area contributed by atoms with E-state index in [0.29, 0.717) is 24.1 Å². The van der Waals surface area contributed by atoms with Crippen molar-refractivity contribution < 1.29 is 5.11 Å². The molecule has 0 saturated heterocycles. The maximum atomic E-state index is 11.3. The molecule has 3 heteroatoms. The van der Waals surface area contributed by atoms with Crippen LogP contribution < -0.4 is 0 Å². The van der Waals surface area contributed by atoms with E-state index >= 15 is 0 Å². The van der Waals surface area contributed by atoms with Gasteiger partial charge in [-0.3, -0.25) is 0 Å². The summed E-state index contributed by atoms with van der Waals surface area (Å²) in [5.74, 6) is 1.38. The Bertz CT molecular complexity index is 98.1. The third-order valence-corrected chi connectivity index (χ3v) is 2.79. The Balaban J connectivity index is 3.58. The Morgan fingerprint density at radius 3 is 2.09 bits per heavy atom. The Morgan fingerprint density at radius 1 is 1.18 bits per heavy atom. The van der Waals surface area contributed by atoms with Gasteiger partial charge in [-0.15, -0.1) is 23.2 Å². The molecule has 0 aliphatic heterocycles. The normalized spacial score (nSPS) is 19.4. The number of hydrogen-bond donors (Lipinski definition) is 0. The van der Waals surface area contributed by atoms with Crippen LogP contribution in [0.15, 0.2) is 0 Å². The quantitative estimate of drug-likeness (QED) is 0.605. The minimum Gasteiger partial charge on any atom is -0.233 e. The van der Waals surface area contributed by atoms with E-state index in [-0.39, 0.29) is 5.92 Å². The highest BCUT2D eigenvalue weighted by Gasteiger charge is 2.17. The lowest BCUT2D eigenvalue weighted by Crippen LogP contribution is -2.20. The van der Waals surface area contributed by atoms with E-state index in [2.05, 4.69) is 0 Å². The number of rotatable bonds is 5. The third-order valence-electron chi connectivity index (χ3n) is 1.78. The second-order valence-corrected chi connectivity index (χ2v) is 3.78. The van der Waals surface area contributed by atoms with Gasteiger partial charge in [-0.2, -0.15) is 0 Å². The van der Waals surface area contributed by atoms with E-state index in [0.717, 1.165) is 0 Å². The first-order valence-electron chi connectivity index (χ1n) is 3.89. The summed E-state index contributed by atoms with van der Waals surface area (Å²) in [6, 6.07) is 0. The lowest BCUT2D eigenvalue weighted by atomic mass is 9.97. The van der Waals surface area contributed by atoms with Gasteiger partial charge in [0.2, 0.25) is 0 Å². The summed E-state index contributed by atoms with van der Waals surface area (Å²) in [6.45, 7) is 3.87. The van der Waals surface area contributed by atoms with E-state index in [1.54, 1.807) is 0 Å². The molecule has 11 heavy (non-hydrogen) atoms. The molecule has 0 aromatic rings. The van der Waals surface area contributed by atoms with Gasteiger partial charge in [0, 0.05) is 11.8 Å². The maximum absolute atomic E-state index is 11.3. The third kappa shape index (κ3) is 4.89. The van der Waals surface area contributed by atoms with Crippen LogP contribution >= 0.6 is 23.2 Å². The van der Waals surface area contributed by atoms with Crippen molar-refractivity contribution in [2.45, 2.75) is 26.4 Å². The zero-order chi connectivity index (χ0) is 8.85. The molecule has 67 valence electrons. The topological polar surface area (TPSA) is 19.9 Å². The molecule has 0 spiro atoms. The van der Waals surface area contributed by atoms with Crippen molar-refractivity contribution in [3.8, 4) is 0 Å². The average Bonchev–Trinajstić information content (AvgIpc) is 2.02. The summed E-state index contributed by atoms with van der Waals surface area (Å²) in [4.78, 5) is 0. The highest BCUT2D eigenvalue weighted by molar-refractivity contribution is 6.18. The Kier molecular flexibility index (Phi) is 6.40. The first-order chi connectivity index (χ1) is 5.11. The van der Waals surface area contributed by atoms with Crippen LogP contribution in [0.1, 0.15) is 20.3 Å². The van der Waals surface area contributed by atoms with Crippen LogP contribution in [0.4, 0.5) is 0 Å². The molecule has 0 rings (SSSR count). The van der Waals surface area contributed by atoms with Gasteiger partial charge in [0.15, 0.2) is 0 Å². The van der Waals surface area contributed by atoms with Crippen molar-refractivity contribution in [3.63, 3.8) is 0 Å². The van der Waals surface area contributed by atoms with Crippen LogP contribution in [0.2, 0.25) is 0 Å². The summed E-state index contributed by atoms with van der Waals surface area (Å²) in [6.07, 6.45) is 0.0819. The van der Waals surface area contributed by atoms with E-state index in [1.807, 2.05) is 13.8 Å². The summed E-state index contributed by atoms with van der Waals surface area (Å²) < 4.78 is 0. The van der Waals surface area contributed by atoms with Crippen LogP contribution in [-0.2, 0) is 5.11 Å². The second-order valence-electron chi connectivity index (χ2n) is 3.17. The molecule has 0 aromatic carbocycles. The summed E-state index contributed by atoms with van der Waals surface area (Å²) in [5.41, 5.74) is 0. The van der Waals surface area contributed by atoms with Crippen LogP contribution in [0.5, 0.6) is 0 Å². The van der Waals surface area contributed by atoms with Crippen LogP contribution in [0, 0.1) is 11.8 Å². The van der Waals surface area contributed by atoms with Crippen molar-refractivity contribution in [3.05, 3.63) is 0 Å². The fourth-order valence-electron chi connectivity index (χ4n) is 0.791. The molecular weight excluding hydrogens is 183 g/mol. The molecular formula is C8H15Cl2O. The molecule has 0 fully saturated rings. The SMILES string of the molecule is CC(CCl)CC([O])C(C)CCl. The first kappa shape index (κ1) is 11.5. The average molecular weight is 198 g/mol. The standard InChI is InChI=1S/C8H15Cl2O/c1-6(4-9)3-8(11)7(2)5-10/h6-8H,3-5H2,1-2H3. The highest BCUT2D eigenvalue weighted by atomic mass is 35.5. The molecule has 0 bridgehead atoms. The molecule has 0 aromatic heterocycles. The van der Waals surface area contributed by atoms with Gasteiger partial charge in [0.05, 0.1) is 6.10 Å². The molecule has 0 aliphatic carbocycles. The van der Waals surface area contributed by atoms with Crippen LogP contribution in [-0.4, -0.2) is 17.9 Å². The first-order valence-corrected chi connectivity index (χ1v) is 4.96. The number of alkyl halides is 2. The molecule has 0 aliphatic rings. The van der Waals surface area contributed by atoms with Gasteiger partial charge in [-0.05, 0) is 18.3 Å². The van der Waals surface area contributed by atoms with E-state index < -0.39 is 6.10 Å². The Morgan fingerprint density at radius 2 is 1.73 bits per heavy atom. The summed E-state index contributed by atoms with van der Waals surface area (Å²) in [7, 11) is 0. The van der Waals surface area contributed by atoms with Gasteiger partial charge in [-0.1, -0.05) is 13.8 Å². The lowest BCUT2D eigenvalue weighted by molar-refractivity contribution is 0.0343. The lowest BCUT2D eigenvalue weighted by Gasteiger charge is -2.16. The molecule has 0 amide bonds. The molecule has 1 nitrogen and oxygen atoms in total. The largest absolute Gasteiger partial charge is 0.233 e. The second kappa shape index (κ2) is 6.10. The zero-order valence-corrected chi connectivity index (χ0v) is 8.53. The number of hydrogen-bond acceptors (Lipinski definition) is 0. The van der Waals surface area contributed by atoms with Gasteiger partial charge in [-0.25, -0.2) is 5.11 Å². The summed E-state index contributed by atoms with van der Waals surface area (Å²) in [5, 5.41) is 11.3. The van der Waals surface area contributed by atoms with Gasteiger partial charge >= 0.3 is 0 Å². The predicted molar refractivity (Wildman–Crippen MR) is 48.9 cm³/mol. The van der Waals surface area contributed by atoms with Crippen molar-refractivity contribution in [1.82, 2.24) is 0 Å². The molecule has 3 unspecified atom stereocenters. The highest BCUT2D eigenvalue weighted by Crippen LogP contribution is 2.15.